The van der Waals surface area contributed by atoms with E-state index in [9.17, 15) is 9.59 Å². The van der Waals surface area contributed by atoms with Crippen molar-refractivity contribution in [1.29, 1.82) is 0 Å². The number of amides is 2. The number of likely N-dealkylation sites (tertiary alicyclic amines) is 1. The number of aryl methyl sites for hydroxylation is 2. The normalized spacial score (nSPS) is 21.2. The Kier molecular flexibility index (Phi) is 4.58. The van der Waals surface area contributed by atoms with Crippen molar-refractivity contribution in [2.75, 3.05) is 19.6 Å². The van der Waals surface area contributed by atoms with Crippen molar-refractivity contribution in [3.8, 4) is 0 Å². The zero-order valence-corrected chi connectivity index (χ0v) is 14.2. The SMILES string of the molecule is CC(=O)N1CCC(C)(C(=O)NCCc2c(C)nn(C)c2C)C1. The highest BCUT2D eigenvalue weighted by atomic mass is 16.2. The largest absolute Gasteiger partial charge is 0.355 e. The summed E-state index contributed by atoms with van der Waals surface area (Å²) in [6, 6.07) is 0. The highest BCUT2D eigenvalue weighted by Gasteiger charge is 2.40. The monoisotopic (exact) mass is 306 g/mol. The molecule has 2 rings (SSSR count). The Bertz CT molecular complexity index is 593. The quantitative estimate of drug-likeness (QED) is 0.901. The van der Waals surface area contributed by atoms with Gasteiger partial charge in [-0.1, -0.05) is 0 Å². The summed E-state index contributed by atoms with van der Waals surface area (Å²) >= 11 is 0. The van der Waals surface area contributed by atoms with Crippen LogP contribution in [0.25, 0.3) is 0 Å². The Morgan fingerprint density at radius 1 is 1.36 bits per heavy atom. The van der Waals surface area contributed by atoms with Crippen LogP contribution in [-0.4, -0.2) is 46.1 Å². The molecular weight excluding hydrogens is 280 g/mol. The lowest BCUT2D eigenvalue weighted by Gasteiger charge is -2.23. The molecule has 122 valence electrons. The van der Waals surface area contributed by atoms with E-state index in [0.29, 0.717) is 19.6 Å². The fraction of sp³-hybridized carbons (Fsp3) is 0.688. The molecule has 0 saturated carbocycles. The van der Waals surface area contributed by atoms with Gasteiger partial charge in [-0.3, -0.25) is 14.3 Å². The zero-order chi connectivity index (χ0) is 16.5. The number of hydrogen-bond donors (Lipinski definition) is 1. The van der Waals surface area contributed by atoms with Crippen LogP contribution in [0.3, 0.4) is 0 Å². The molecule has 1 saturated heterocycles. The van der Waals surface area contributed by atoms with E-state index in [1.807, 2.05) is 32.5 Å². The molecule has 1 unspecified atom stereocenters. The molecule has 1 fully saturated rings. The smallest absolute Gasteiger partial charge is 0.227 e. The van der Waals surface area contributed by atoms with Gasteiger partial charge in [-0.15, -0.1) is 0 Å². The average molecular weight is 306 g/mol. The van der Waals surface area contributed by atoms with E-state index in [-0.39, 0.29) is 11.8 Å². The Morgan fingerprint density at radius 3 is 2.55 bits per heavy atom. The summed E-state index contributed by atoms with van der Waals surface area (Å²) in [6.07, 6.45) is 1.51. The topological polar surface area (TPSA) is 67.2 Å². The van der Waals surface area contributed by atoms with E-state index in [4.69, 9.17) is 0 Å². The molecule has 22 heavy (non-hydrogen) atoms. The number of aromatic nitrogens is 2. The summed E-state index contributed by atoms with van der Waals surface area (Å²) in [5.41, 5.74) is 2.89. The predicted octanol–water partition coefficient (Wildman–Crippen LogP) is 0.954. The number of nitrogens with zero attached hydrogens (tertiary/aromatic N) is 3. The van der Waals surface area contributed by atoms with Gasteiger partial charge in [0.05, 0.1) is 11.1 Å². The lowest BCUT2D eigenvalue weighted by molar-refractivity contribution is -0.131. The van der Waals surface area contributed by atoms with E-state index < -0.39 is 5.41 Å². The number of nitrogens with one attached hydrogen (secondary N) is 1. The molecule has 0 aromatic carbocycles. The average Bonchev–Trinajstić information content (AvgIpc) is 2.95. The molecule has 1 atom stereocenters. The summed E-state index contributed by atoms with van der Waals surface area (Å²) in [6.45, 7) is 9.30. The number of carbonyl (C=O) groups is 2. The molecule has 1 aliphatic heterocycles. The van der Waals surface area contributed by atoms with Gasteiger partial charge in [-0.25, -0.2) is 0 Å². The van der Waals surface area contributed by atoms with Gasteiger partial charge in [-0.2, -0.15) is 5.10 Å². The summed E-state index contributed by atoms with van der Waals surface area (Å²) < 4.78 is 1.87. The minimum absolute atomic E-state index is 0.0375. The first-order valence-corrected chi connectivity index (χ1v) is 7.77. The molecule has 6 heteroatoms. The maximum absolute atomic E-state index is 12.4. The minimum atomic E-state index is -0.468. The fourth-order valence-corrected chi connectivity index (χ4v) is 3.11. The molecule has 2 heterocycles. The van der Waals surface area contributed by atoms with Crippen LogP contribution >= 0.6 is 0 Å². The van der Waals surface area contributed by atoms with Crippen LogP contribution in [0.15, 0.2) is 0 Å². The maximum atomic E-state index is 12.4. The Balaban J connectivity index is 1.89. The highest BCUT2D eigenvalue weighted by Crippen LogP contribution is 2.30. The van der Waals surface area contributed by atoms with Gasteiger partial charge in [0.25, 0.3) is 0 Å². The Labute approximate surface area is 131 Å². The molecule has 1 N–H and O–H groups in total. The summed E-state index contributed by atoms with van der Waals surface area (Å²) in [5.74, 6) is 0.0774. The van der Waals surface area contributed by atoms with Crippen LogP contribution in [0, 0.1) is 19.3 Å². The van der Waals surface area contributed by atoms with Gasteiger partial charge in [-0.05, 0) is 39.2 Å². The predicted molar refractivity (Wildman–Crippen MR) is 84.4 cm³/mol. The van der Waals surface area contributed by atoms with Crippen molar-refractivity contribution in [1.82, 2.24) is 20.0 Å². The van der Waals surface area contributed by atoms with E-state index in [0.717, 1.165) is 24.2 Å². The van der Waals surface area contributed by atoms with Crippen LogP contribution in [-0.2, 0) is 23.1 Å². The molecule has 0 bridgehead atoms. The van der Waals surface area contributed by atoms with Crippen molar-refractivity contribution in [3.05, 3.63) is 17.0 Å². The van der Waals surface area contributed by atoms with E-state index >= 15 is 0 Å². The third-order valence-electron chi connectivity index (χ3n) is 4.79. The van der Waals surface area contributed by atoms with Crippen LogP contribution < -0.4 is 5.32 Å². The van der Waals surface area contributed by atoms with E-state index in [1.54, 1.807) is 11.8 Å². The van der Waals surface area contributed by atoms with Crippen molar-refractivity contribution in [2.45, 2.75) is 40.5 Å². The van der Waals surface area contributed by atoms with Crippen LogP contribution in [0.2, 0.25) is 0 Å². The number of hydrogen-bond acceptors (Lipinski definition) is 3. The molecule has 1 aromatic rings. The van der Waals surface area contributed by atoms with Crippen LogP contribution in [0.4, 0.5) is 0 Å². The third kappa shape index (κ3) is 3.15. The molecule has 2 amide bonds. The lowest BCUT2D eigenvalue weighted by atomic mass is 9.88. The lowest BCUT2D eigenvalue weighted by Crippen LogP contribution is -2.42. The van der Waals surface area contributed by atoms with Gasteiger partial charge in [0.15, 0.2) is 0 Å². The van der Waals surface area contributed by atoms with Crippen molar-refractivity contribution < 1.29 is 9.59 Å². The van der Waals surface area contributed by atoms with Gasteiger partial charge >= 0.3 is 0 Å². The van der Waals surface area contributed by atoms with E-state index in [2.05, 4.69) is 10.4 Å². The van der Waals surface area contributed by atoms with E-state index in [1.165, 1.54) is 5.56 Å². The fourth-order valence-electron chi connectivity index (χ4n) is 3.11. The first-order chi connectivity index (χ1) is 10.2. The van der Waals surface area contributed by atoms with Gasteiger partial charge < -0.3 is 10.2 Å². The zero-order valence-electron chi connectivity index (χ0n) is 14.2. The van der Waals surface area contributed by atoms with Crippen molar-refractivity contribution in [3.63, 3.8) is 0 Å². The van der Waals surface area contributed by atoms with Crippen molar-refractivity contribution >= 4 is 11.8 Å². The maximum Gasteiger partial charge on any atom is 0.227 e. The number of carbonyl (C=O) groups excluding carboxylic acids is 2. The van der Waals surface area contributed by atoms with Gasteiger partial charge in [0.1, 0.15) is 0 Å². The Hall–Kier alpha value is -1.85. The van der Waals surface area contributed by atoms with Gasteiger partial charge in [0, 0.05) is 39.3 Å². The molecule has 0 aliphatic carbocycles. The highest BCUT2D eigenvalue weighted by molar-refractivity contribution is 5.84. The van der Waals surface area contributed by atoms with Crippen molar-refractivity contribution in [2.24, 2.45) is 12.5 Å². The first kappa shape index (κ1) is 16.5. The molecule has 6 nitrogen and oxygen atoms in total. The molecular formula is C16H26N4O2. The van der Waals surface area contributed by atoms with Crippen LogP contribution in [0.1, 0.15) is 37.2 Å². The molecule has 0 radical (unpaired) electrons. The third-order valence-corrected chi connectivity index (χ3v) is 4.79. The summed E-state index contributed by atoms with van der Waals surface area (Å²) in [7, 11) is 1.93. The Morgan fingerprint density at radius 2 is 2.05 bits per heavy atom. The standard InChI is InChI=1S/C16H26N4O2/c1-11-14(12(2)19(5)18-11)6-8-17-15(22)16(4)7-9-20(10-16)13(3)21/h6-10H2,1-5H3,(H,17,22). The molecule has 1 aromatic heterocycles. The summed E-state index contributed by atoms with van der Waals surface area (Å²) in [5, 5.41) is 7.41. The number of rotatable bonds is 4. The second kappa shape index (κ2) is 6.10. The molecule has 0 spiro atoms. The van der Waals surface area contributed by atoms with Crippen LogP contribution in [0.5, 0.6) is 0 Å². The van der Waals surface area contributed by atoms with Gasteiger partial charge in [0.2, 0.25) is 11.8 Å². The second-order valence-corrected chi connectivity index (χ2v) is 6.53. The molecule has 1 aliphatic rings. The minimum Gasteiger partial charge on any atom is -0.355 e. The summed E-state index contributed by atoms with van der Waals surface area (Å²) in [4.78, 5) is 25.6. The first-order valence-electron chi connectivity index (χ1n) is 7.77. The second-order valence-electron chi connectivity index (χ2n) is 6.53.